The number of likely N-dealkylation sites (N-methyl/N-ethyl adjacent to an activating group) is 1. The van der Waals surface area contributed by atoms with Crippen LogP contribution in [0.2, 0.25) is 0 Å². The molecule has 0 aromatic carbocycles. The first-order valence-corrected chi connectivity index (χ1v) is 7.16. The van der Waals surface area contributed by atoms with E-state index >= 15 is 0 Å². The number of esters is 1. The molecule has 7 heteroatoms. The molecule has 0 saturated heterocycles. The maximum atomic E-state index is 11.9. The van der Waals surface area contributed by atoms with Gasteiger partial charge >= 0.3 is 5.97 Å². The lowest BCUT2D eigenvalue weighted by molar-refractivity contribution is 0.0510. The van der Waals surface area contributed by atoms with Gasteiger partial charge in [0.2, 0.25) is 17.4 Å². The third kappa shape index (κ3) is 3.36. The summed E-state index contributed by atoms with van der Waals surface area (Å²) in [6, 6.07) is 0. The van der Waals surface area contributed by atoms with Gasteiger partial charge in [0, 0.05) is 12.1 Å². The van der Waals surface area contributed by atoms with E-state index in [-0.39, 0.29) is 12.4 Å². The van der Waals surface area contributed by atoms with E-state index in [0.717, 1.165) is 17.9 Å². The number of aromatic nitrogens is 2. The molecule has 0 radical (unpaired) electrons. The van der Waals surface area contributed by atoms with Crippen molar-refractivity contribution in [1.82, 2.24) is 14.9 Å². The molecule has 0 bridgehead atoms. The number of fused-ring (bicyclic) bond motifs is 1. The summed E-state index contributed by atoms with van der Waals surface area (Å²) >= 11 is 0. The first kappa shape index (κ1) is 16.2. The lowest BCUT2D eigenvalue weighted by Gasteiger charge is -2.11. The van der Waals surface area contributed by atoms with Gasteiger partial charge in [-0.3, -0.25) is 0 Å². The maximum Gasteiger partial charge on any atom is 0.376 e. The fourth-order valence-electron chi connectivity index (χ4n) is 1.93. The third-order valence-electron chi connectivity index (χ3n) is 3.23. The quantitative estimate of drug-likeness (QED) is 0.755. The summed E-state index contributed by atoms with van der Waals surface area (Å²) in [5.41, 5.74) is 1.25. The van der Waals surface area contributed by atoms with Crippen molar-refractivity contribution in [2.45, 2.75) is 20.8 Å². The number of carbonyl (C=O) groups excluding carboxylic acids is 1. The Hall–Kier alpha value is -2.15. The molecule has 2 aromatic rings. The molecule has 0 unspecified atom stereocenters. The van der Waals surface area contributed by atoms with E-state index in [1.807, 2.05) is 32.8 Å². The van der Waals surface area contributed by atoms with Gasteiger partial charge in [0.15, 0.2) is 0 Å². The number of hydrogen-bond donors (Lipinski definition) is 0. The second kappa shape index (κ2) is 6.74. The van der Waals surface area contributed by atoms with Crippen molar-refractivity contribution in [3.05, 3.63) is 17.1 Å². The van der Waals surface area contributed by atoms with Crippen LogP contribution in [-0.4, -0.2) is 54.7 Å². The molecule has 0 N–H and O–H groups in total. The van der Waals surface area contributed by atoms with Gasteiger partial charge < -0.3 is 18.8 Å². The molecule has 0 atom stereocenters. The molecule has 22 heavy (non-hydrogen) atoms. The average Bonchev–Trinajstić information content (AvgIpc) is 2.74. The van der Waals surface area contributed by atoms with Crippen molar-refractivity contribution in [1.29, 1.82) is 0 Å². The molecule has 0 aliphatic rings. The minimum absolute atomic E-state index is 0.0528. The molecule has 0 aliphatic carbocycles. The van der Waals surface area contributed by atoms with Crippen LogP contribution in [0.4, 0.5) is 0 Å². The predicted octanol–water partition coefficient (Wildman–Crippen LogP) is 1.96. The summed E-state index contributed by atoms with van der Waals surface area (Å²) in [7, 11) is 3.91. The van der Waals surface area contributed by atoms with Crippen molar-refractivity contribution in [3.63, 3.8) is 0 Å². The van der Waals surface area contributed by atoms with Crippen molar-refractivity contribution in [3.8, 4) is 5.88 Å². The molecule has 2 rings (SSSR count). The van der Waals surface area contributed by atoms with Gasteiger partial charge in [0.05, 0.1) is 6.61 Å². The van der Waals surface area contributed by atoms with Gasteiger partial charge in [-0.2, -0.15) is 9.97 Å². The number of hydrogen-bond acceptors (Lipinski definition) is 7. The van der Waals surface area contributed by atoms with E-state index in [2.05, 4.69) is 9.97 Å². The topological polar surface area (TPSA) is 77.7 Å². The molecule has 2 heterocycles. The Bertz CT molecular complexity index is 679. The first-order chi connectivity index (χ1) is 10.4. The Morgan fingerprint density at radius 2 is 2.00 bits per heavy atom. The lowest BCUT2D eigenvalue weighted by Crippen LogP contribution is -2.20. The zero-order valence-electron chi connectivity index (χ0n) is 13.6. The van der Waals surface area contributed by atoms with Gasteiger partial charge in [-0.15, -0.1) is 0 Å². The Morgan fingerprint density at radius 1 is 1.27 bits per heavy atom. The fourth-order valence-corrected chi connectivity index (χ4v) is 1.93. The van der Waals surface area contributed by atoms with Crippen LogP contribution in [0.15, 0.2) is 4.42 Å². The summed E-state index contributed by atoms with van der Waals surface area (Å²) in [6.07, 6.45) is 0. The third-order valence-corrected chi connectivity index (χ3v) is 3.23. The SMILES string of the molecule is CCOC(=O)c1nc(OCCN(C)C)c2c(C)c(C)oc2n1. The van der Waals surface area contributed by atoms with Crippen molar-refractivity contribution in [2.75, 3.05) is 33.9 Å². The normalized spacial score (nSPS) is 11.2. The molecular weight excluding hydrogens is 286 g/mol. The largest absolute Gasteiger partial charge is 0.476 e. The van der Waals surface area contributed by atoms with Gasteiger partial charge in [-0.05, 0) is 34.9 Å². The molecule has 0 aliphatic heterocycles. The summed E-state index contributed by atoms with van der Waals surface area (Å²) < 4.78 is 16.3. The number of ether oxygens (including phenoxy) is 2. The highest BCUT2D eigenvalue weighted by Gasteiger charge is 2.21. The van der Waals surface area contributed by atoms with Crippen molar-refractivity contribution < 1.29 is 18.7 Å². The van der Waals surface area contributed by atoms with E-state index in [9.17, 15) is 4.79 Å². The predicted molar refractivity (Wildman–Crippen MR) is 81.3 cm³/mol. The highest BCUT2D eigenvalue weighted by molar-refractivity contribution is 5.90. The van der Waals surface area contributed by atoms with Crippen LogP contribution in [0, 0.1) is 13.8 Å². The zero-order valence-corrected chi connectivity index (χ0v) is 13.6. The van der Waals surface area contributed by atoms with Crippen LogP contribution in [0.25, 0.3) is 11.1 Å². The summed E-state index contributed by atoms with van der Waals surface area (Å²) in [6.45, 7) is 6.92. The molecule has 0 amide bonds. The second-order valence-electron chi connectivity index (χ2n) is 5.19. The van der Waals surface area contributed by atoms with Crippen molar-refractivity contribution in [2.24, 2.45) is 0 Å². The first-order valence-electron chi connectivity index (χ1n) is 7.16. The number of carbonyl (C=O) groups is 1. The number of furan rings is 1. The molecule has 120 valence electrons. The molecule has 0 saturated carbocycles. The van der Waals surface area contributed by atoms with Crippen LogP contribution < -0.4 is 4.74 Å². The van der Waals surface area contributed by atoms with E-state index in [4.69, 9.17) is 13.9 Å². The van der Waals surface area contributed by atoms with Crippen LogP contribution >= 0.6 is 0 Å². The van der Waals surface area contributed by atoms with E-state index < -0.39 is 5.97 Å². The minimum atomic E-state index is -0.589. The summed E-state index contributed by atoms with van der Waals surface area (Å²) in [5, 5.41) is 0.698. The second-order valence-corrected chi connectivity index (χ2v) is 5.19. The molecule has 2 aromatic heterocycles. The highest BCUT2D eigenvalue weighted by Crippen LogP contribution is 2.30. The van der Waals surface area contributed by atoms with Crippen LogP contribution in [0.3, 0.4) is 0 Å². The van der Waals surface area contributed by atoms with Crippen LogP contribution in [-0.2, 0) is 4.74 Å². The monoisotopic (exact) mass is 307 g/mol. The van der Waals surface area contributed by atoms with Gasteiger partial charge in [-0.1, -0.05) is 0 Å². The Labute approximate surface area is 129 Å². The zero-order chi connectivity index (χ0) is 16.3. The van der Waals surface area contributed by atoms with Crippen LogP contribution in [0.5, 0.6) is 5.88 Å². The Morgan fingerprint density at radius 3 is 2.64 bits per heavy atom. The molecular formula is C15H21N3O4. The van der Waals surface area contributed by atoms with Crippen LogP contribution in [0.1, 0.15) is 28.9 Å². The standard InChI is InChI=1S/C15H21N3O4/c1-6-20-15(19)12-16-13(21-8-7-18(4)5)11-9(2)10(3)22-14(11)17-12/h6-8H2,1-5H3. The minimum Gasteiger partial charge on any atom is -0.476 e. The van der Waals surface area contributed by atoms with E-state index in [0.29, 0.717) is 23.6 Å². The lowest BCUT2D eigenvalue weighted by atomic mass is 10.2. The average molecular weight is 307 g/mol. The van der Waals surface area contributed by atoms with Gasteiger partial charge in [0.25, 0.3) is 0 Å². The maximum absolute atomic E-state index is 11.9. The number of aryl methyl sites for hydroxylation is 2. The number of rotatable bonds is 6. The molecule has 0 spiro atoms. The molecule has 0 fully saturated rings. The Balaban J connectivity index is 2.42. The van der Waals surface area contributed by atoms with E-state index in [1.54, 1.807) is 6.92 Å². The summed E-state index contributed by atoms with van der Waals surface area (Å²) in [5.74, 6) is 0.434. The fraction of sp³-hybridized carbons (Fsp3) is 0.533. The van der Waals surface area contributed by atoms with Gasteiger partial charge in [-0.25, -0.2) is 4.79 Å². The number of nitrogens with zero attached hydrogens (tertiary/aromatic N) is 3. The summed E-state index contributed by atoms with van der Waals surface area (Å²) in [4.78, 5) is 22.2. The molecule has 7 nitrogen and oxygen atoms in total. The van der Waals surface area contributed by atoms with Crippen molar-refractivity contribution >= 4 is 17.1 Å². The Kier molecular flexibility index (Phi) is 4.97. The van der Waals surface area contributed by atoms with E-state index in [1.165, 1.54) is 0 Å². The smallest absolute Gasteiger partial charge is 0.376 e. The van der Waals surface area contributed by atoms with Gasteiger partial charge in [0.1, 0.15) is 17.8 Å². The highest BCUT2D eigenvalue weighted by atomic mass is 16.5.